The topological polar surface area (TPSA) is 61.8 Å². The molecule has 0 aromatic heterocycles. The molecule has 0 fully saturated rings. The highest BCUT2D eigenvalue weighted by atomic mass is 17.2. The highest BCUT2D eigenvalue weighted by Crippen LogP contribution is 2.00. The van der Waals surface area contributed by atoms with Crippen LogP contribution in [0.25, 0.3) is 6.08 Å². The van der Waals surface area contributed by atoms with E-state index in [4.69, 9.17) is 4.74 Å². The lowest BCUT2D eigenvalue weighted by atomic mass is 10.2. The maximum atomic E-state index is 10.8. The molecule has 0 bridgehead atoms. The summed E-state index contributed by atoms with van der Waals surface area (Å²) in [7, 11) is 1.29. The number of carbonyl (C=O) groups excluding carboxylic acids is 2. The molecule has 0 saturated heterocycles. The summed E-state index contributed by atoms with van der Waals surface area (Å²) >= 11 is 0. The first-order valence-corrected chi connectivity index (χ1v) is 6.66. The minimum atomic E-state index is -0.522. The summed E-state index contributed by atoms with van der Waals surface area (Å²) in [6, 6.07) is 9.46. The van der Waals surface area contributed by atoms with Crippen molar-refractivity contribution in [3.8, 4) is 0 Å². The van der Waals surface area contributed by atoms with Gasteiger partial charge >= 0.3 is 11.9 Å². The van der Waals surface area contributed by atoms with Crippen molar-refractivity contribution < 1.29 is 24.1 Å². The summed E-state index contributed by atoms with van der Waals surface area (Å²) in [5.74, 6) is -0.647. The molecular formula is C16H22O5. The fourth-order valence-corrected chi connectivity index (χ4v) is 1.18. The van der Waals surface area contributed by atoms with Gasteiger partial charge in [0.05, 0.1) is 13.2 Å². The number of ether oxygens (including phenoxy) is 1. The van der Waals surface area contributed by atoms with E-state index in [0.717, 1.165) is 5.56 Å². The maximum absolute atomic E-state index is 10.8. The Hall–Kier alpha value is -2.14. The van der Waals surface area contributed by atoms with E-state index in [-0.39, 0.29) is 12.1 Å². The van der Waals surface area contributed by atoms with Gasteiger partial charge in [-0.3, -0.25) is 9.68 Å². The molecule has 0 aliphatic heterocycles. The van der Waals surface area contributed by atoms with Crippen molar-refractivity contribution in [3.05, 3.63) is 42.0 Å². The molecule has 116 valence electrons. The van der Waals surface area contributed by atoms with Gasteiger partial charge in [0, 0.05) is 12.5 Å². The van der Waals surface area contributed by atoms with E-state index < -0.39 is 5.97 Å². The molecule has 0 heterocycles. The van der Waals surface area contributed by atoms with Crippen LogP contribution in [0.1, 0.15) is 32.8 Å². The lowest BCUT2D eigenvalue weighted by Crippen LogP contribution is -2.09. The standard InChI is InChI=1S/C10H10O3.C6H12O2/c1-12-13-10(11)8-7-9-5-3-2-4-6-9;1-4-6(7)8-5(2)3/h2-8H,1H3;5H,4H2,1-3H3. The zero-order valence-electron chi connectivity index (χ0n) is 12.9. The van der Waals surface area contributed by atoms with Crippen molar-refractivity contribution >= 4 is 18.0 Å². The van der Waals surface area contributed by atoms with Crippen LogP contribution in [0.5, 0.6) is 0 Å². The maximum Gasteiger partial charge on any atom is 0.365 e. The Morgan fingerprint density at radius 1 is 1.19 bits per heavy atom. The molecule has 0 N–H and O–H groups in total. The Labute approximate surface area is 125 Å². The predicted molar refractivity (Wildman–Crippen MR) is 80.1 cm³/mol. The fourth-order valence-electron chi connectivity index (χ4n) is 1.18. The SMILES string of the molecule is CCC(=O)OC(C)C.COOC(=O)C=Cc1ccccc1. The van der Waals surface area contributed by atoms with Gasteiger partial charge in [0.2, 0.25) is 0 Å². The van der Waals surface area contributed by atoms with Crippen LogP contribution in [0.3, 0.4) is 0 Å². The Balaban J connectivity index is 0.000000433. The number of rotatable bonds is 5. The van der Waals surface area contributed by atoms with E-state index in [1.165, 1.54) is 13.2 Å². The zero-order valence-corrected chi connectivity index (χ0v) is 12.9. The van der Waals surface area contributed by atoms with Crippen LogP contribution >= 0.6 is 0 Å². The quantitative estimate of drug-likeness (QED) is 0.361. The van der Waals surface area contributed by atoms with E-state index in [1.54, 1.807) is 13.0 Å². The Morgan fingerprint density at radius 3 is 2.24 bits per heavy atom. The van der Waals surface area contributed by atoms with E-state index in [9.17, 15) is 9.59 Å². The summed E-state index contributed by atoms with van der Waals surface area (Å²) in [5, 5.41) is 0. The molecule has 1 rings (SSSR count). The van der Waals surface area contributed by atoms with Crippen LogP contribution in [-0.4, -0.2) is 25.2 Å². The first kappa shape index (κ1) is 18.9. The monoisotopic (exact) mass is 294 g/mol. The third-order valence-corrected chi connectivity index (χ3v) is 2.03. The van der Waals surface area contributed by atoms with Gasteiger partial charge in [-0.25, -0.2) is 4.79 Å². The second kappa shape index (κ2) is 11.7. The first-order chi connectivity index (χ1) is 9.99. The molecule has 0 atom stereocenters. The van der Waals surface area contributed by atoms with Crippen LogP contribution in [0.2, 0.25) is 0 Å². The van der Waals surface area contributed by atoms with Gasteiger partial charge in [-0.05, 0) is 25.5 Å². The second-order valence-corrected chi connectivity index (χ2v) is 4.21. The Bertz CT molecular complexity index is 437. The predicted octanol–water partition coefficient (Wildman–Crippen LogP) is 3.15. The highest BCUT2D eigenvalue weighted by Gasteiger charge is 1.99. The summed E-state index contributed by atoms with van der Waals surface area (Å²) in [4.78, 5) is 29.6. The molecular weight excluding hydrogens is 272 g/mol. The molecule has 5 nitrogen and oxygen atoms in total. The van der Waals surface area contributed by atoms with Gasteiger partial charge < -0.3 is 4.74 Å². The molecule has 0 spiro atoms. The third kappa shape index (κ3) is 11.4. The Morgan fingerprint density at radius 2 is 1.81 bits per heavy atom. The van der Waals surface area contributed by atoms with E-state index in [2.05, 4.69) is 9.78 Å². The summed E-state index contributed by atoms with van der Waals surface area (Å²) < 4.78 is 4.76. The fraction of sp³-hybridized carbons (Fsp3) is 0.375. The third-order valence-electron chi connectivity index (χ3n) is 2.03. The summed E-state index contributed by atoms with van der Waals surface area (Å²) in [5.41, 5.74) is 0.940. The molecule has 21 heavy (non-hydrogen) atoms. The van der Waals surface area contributed by atoms with Crippen LogP contribution in [0.15, 0.2) is 36.4 Å². The van der Waals surface area contributed by atoms with Gasteiger partial charge in [0.25, 0.3) is 0 Å². The van der Waals surface area contributed by atoms with Crippen molar-refractivity contribution in [2.24, 2.45) is 0 Å². The van der Waals surface area contributed by atoms with E-state index in [1.807, 2.05) is 44.2 Å². The number of benzene rings is 1. The van der Waals surface area contributed by atoms with Crippen molar-refractivity contribution in [2.75, 3.05) is 7.11 Å². The minimum absolute atomic E-state index is 0.0300. The molecule has 1 aromatic rings. The smallest absolute Gasteiger partial charge is 0.365 e. The lowest BCUT2D eigenvalue weighted by Gasteiger charge is -2.04. The number of hydrogen-bond donors (Lipinski definition) is 0. The molecule has 0 amide bonds. The lowest BCUT2D eigenvalue weighted by molar-refractivity contribution is -0.249. The first-order valence-electron chi connectivity index (χ1n) is 6.66. The van der Waals surface area contributed by atoms with Gasteiger partial charge in [0.1, 0.15) is 0 Å². The average molecular weight is 294 g/mol. The normalized spacial score (nSPS) is 9.95. The molecule has 5 heteroatoms. The largest absolute Gasteiger partial charge is 0.463 e. The average Bonchev–Trinajstić information content (AvgIpc) is 2.46. The Kier molecular flexibility index (Phi) is 10.5. The number of hydrogen-bond acceptors (Lipinski definition) is 5. The summed E-state index contributed by atoms with van der Waals surface area (Å²) in [6.45, 7) is 5.46. The molecule has 0 saturated carbocycles. The van der Waals surface area contributed by atoms with Gasteiger partial charge in [0.15, 0.2) is 0 Å². The highest BCUT2D eigenvalue weighted by molar-refractivity contribution is 5.86. The van der Waals surface area contributed by atoms with Crippen LogP contribution in [-0.2, 0) is 24.1 Å². The molecule has 0 aliphatic rings. The molecule has 0 unspecified atom stereocenters. The van der Waals surface area contributed by atoms with Gasteiger partial charge in [-0.15, -0.1) is 0 Å². The molecule has 0 radical (unpaired) electrons. The number of carbonyl (C=O) groups is 2. The van der Waals surface area contributed by atoms with E-state index >= 15 is 0 Å². The van der Waals surface area contributed by atoms with Gasteiger partial charge in [-0.2, -0.15) is 4.89 Å². The molecule has 1 aromatic carbocycles. The van der Waals surface area contributed by atoms with Crippen molar-refractivity contribution in [1.82, 2.24) is 0 Å². The van der Waals surface area contributed by atoms with Crippen LogP contribution < -0.4 is 0 Å². The van der Waals surface area contributed by atoms with Crippen LogP contribution in [0, 0.1) is 0 Å². The van der Waals surface area contributed by atoms with Gasteiger partial charge in [-0.1, -0.05) is 37.3 Å². The second-order valence-electron chi connectivity index (χ2n) is 4.21. The van der Waals surface area contributed by atoms with Crippen molar-refractivity contribution in [2.45, 2.75) is 33.3 Å². The van der Waals surface area contributed by atoms with Crippen LogP contribution in [0.4, 0.5) is 0 Å². The van der Waals surface area contributed by atoms with Crippen molar-refractivity contribution in [1.29, 1.82) is 0 Å². The number of esters is 1. The molecule has 0 aliphatic carbocycles. The van der Waals surface area contributed by atoms with E-state index in [0.29, 0.717) is 6.42 Å². The summed E-state index contributed by atoms with van der Waals surface area (Å²) in [6.07, 6.45) is 3.46. The van der Waals surface area contributed by atoms with Crippen molar-refractivity contribution in [3.63, 3.8) is 0 Å². The zero-order chi connectivity index (χ0) is 16.1. The minimum Gasteiger partial charge on any atom is -0.463 e.